The molecule has 4 nitrogen and oxygen atoms in total. The van der Waals surface area contributed by atoms with Gasteiger partial charge in [-0.3, -0.25) is 4.79 Å². The quantitative estimate of drug-likeness (QED) is 0.855. The molecule has 0 bridgehead atoms. The Bertz CT molecular complexity index is 591. The van der Waals surface area contributed by atoms with Gasteiger partial charge >= 0.3 is 0 Å². The predicted octanol–water partition coefficient (Wildman–Crippen LogP) is 3.25. The van der Waals surface area contributed by atoms with Crippen molar-refractivity contribution in [2.45, 2.75) is 19.9 Å². The van der Waals surface area contributed by atoms with E-state index in [0.717, 1.165) is 12.3 Å². The fraction of sp³-hybridized carbons (Fsp3) is 0.235. The number of carbonyl (C=O) groups excluding carboxylic acids is 1. The van der Waals surface area contributed by atoms with Crippen LogP contribution in [0.15, 0.2) is 48.5 Å². The lowest BCUT2D eigenvalue weighted by Crippen LogP contribution is -2.17. The van der Waals surface area contributed by atoms with E-state index in [4.69, 9.17) is 10.5 Å². The van der Waals surface area contributed by atoms with Crippen LogP contribution in [0.3, 0.4) is 0 Å². The summed E-state index contributed by atoms with van der Waals surface area (Å²) in [5, 5.41) is 3.36. The third-order valence-corrected chi connectivity index (χ3v) is 3.26. The van der Waals surface area contributed by atoms with Crippen molar-refractivity contribution in [2.75, 3.05) is 6.54 Å². The zero-order valence-corrected chi connectivity index (χ0v) is 12.3. The number of hydrogen-bond donors (Lipinski definition) is 2. The van der Waals surface area contributed by atoms with Crippen molar-refractivity contribution in [3.8, 4) is 11.5 Å². The minimum Gasteiger partial charge on any atom is -0.457 e. The van der Waals surface area contributed by atoms with E-state index in [2.05, 4.69) is 19.2 Å². The SMILES string of the molecule is CCNC(C)c1ccc(Oc2ccc(C(N)=O)cc2)cc1. The summed E-state index contributed by atoms with van der Waals surface area (Å²) in [5.41, 5.74) is 6.89. The van der Waals surface area contributed by atoms with Gasteiger partial charge in [0.25, 0.3) is 0 Å². The molecule has 21 heavy (non-hydrogen) atoms. The van der Waals surface area contributed by atoms with Crippen LogP contribution in [0, 0.1) is 0 Å². The van der Waals surface area contributed by atoms with Crippen LogP contribution in [0.25, 0.3) is 0 Å². The predicted molar refractivity (Wildman–Crippen MR) is 83.6 cm³/mol. The van der Waals surface area contributed by atoms with E-state index in [1.807, 2.05) is 24.3 Å². The van der Waals surface area contributed by atoms with Gasteiger partial charge < -0.3 is 15.8 Å². The molecule has 2 aromatic rings. The van der Waals surface area contributed by atoms with Gasteiger partial charge in [-0.25, -0.2) is 0 Å². The fourth-order valence-electron chi connectivity index (χ4n) is 2.07. The summed E-state index contributed by atoms with van der Waals surface area (Å²) in [7, 11) is 0. The zero-order chi connectivity index (χ0) is 15.2. The lowest BCUT2D eigenvalue weighted by molar-refractivity contribution is 0.100. The highest BCUT2D eigenvalue weighted by Gasteiger charge is 2.05. The second-order valence-electron chi connectivity index (χ2n) is 4.84. The summed E-state index contributed by atoms with van der Waals surface area (Å²) in [6, 6.07) is 15.0. The van der Waals surface area contributed by atoms with Gasteiger partial charge in [-0.1, -0.05) is 19.1 Å². The Morgan fingerprint density at radius 1 is 1.10 bits per heavy atom. The van der Waals surface area contributed by atoms with E-state index in [0.29, 0.717) is 17.4 Å². The van der Waals surface area contributed by atoms with Crippen molar-refractivity contribution in [1.82, 2.24) is 5.32 Å². The Morgan fingerprint density at radius 3 is 2.10 bits per heavy atom. The third-order valence-electron chi connectivity index (χ3n) is 3.26. The lowest BCUT2D eigenvalue weighted by Gasteiger charge is -2.13. The largest absolute Gasteiger partial charge is 0.457 e. The first kappa shape index (κ1) is 15.1. The van der Waals surface area contributed by atoms with E-state index in [-0.39, 0.29) is 0 Å². The molecule has 0 aliphatic heterocycles. The summed E-state index contributed by atoms with van der Waals surface area (Å²) >= 11 is 0. The van der Waals surface area contributed by atoms with Crippen LogP contribution in [0.1, 0.15) is 35.8 Å². The van der Waals surface area contributed by atoms with E-state index < -0.39 is 5.91 Å². The highest BCUT2D eigenvalue weighted by molar-refractivity contribution is 5.92. The smallest absolute Gasteiger partial charge is 0.248 e. The molecule has 2 aromatic carbocycles. The molecule has 1 amide bonds. The highest BCUT2D eigenvalue weighted by atomic mass is 16.5. The molecule has 1 unspecified atom stereocenters. The summed E-state index contributed by atoms with van der Waals surface area (Å²) < 4.78 is 5.74. The van der Waals surface area contributed by atoms with Crippen molar-refractivity contribution in [3.63, 3.8) is 0 Å². The number of benzene rings is 2. The molecule has 4 heteroatoms. The van der Waals surface area contributed by atoms with Crippen molar-refractivity contribution in [1.29, 1.82) is 0 Å². The van der Waals surface area contributed by atoms with Gasteiger partial charge in [0.05, 0.1) is 0 Å². The van der Waals surface area contributed by atoms with Crippen molar-refractivity contribution >= 4 is 5.91 Å². The lowest BCUT2D eigenvalue weighted by atomic mass is 10.1. The Balaban J connectivity index is 2.04. The van der Waals surface area contributed by atoms with E-state index in [9.17, 15) is 4.79 Å². The molecular formula is C17H20N2O2. The van der Waals surface area contributed by atoms with Crippen LogP contribution >= 0.6 is 0 Å². The molecule has 0 radical (unpaired) electrons. The van der Waals surface area contributed by atoms with E-state index in [1.165, 1.54) is 5.56 Å². The number of nitrogens with one attached hydrogen (secondary N) is 1. The maximum absolute atomic E-state index is 11.0. The minimum absolute atomic E-state index is 0.318. The molecule has 0 saturated heterocycles. The average molecular weight is 284 g/mol. The Morgan fingerprint density at radius 2 is 1.62 bits per heavy atom. The van der Waals surface area contributed by atoms with Crippen LogP contribution in [0.4, 0.5) is 0 Å². The number of rotatable bonds is 6. The summed E-state index contributed by atoms with van der Waals surface area (Å²) in [6.45, 7) is 5.15. The van der Waals surface area contributed by atoms with Gasteiger partial charge in [0.1, 0.15) is 11.5 Å². The first-order chi connectivity index (χ1) is 10.1. The topological polar surface area (TPSA) is 64.3 Å². The van der Waals surface area contributed by atoms with Crippen molar-refractivity contribution < 1.29 is 9.53 Å². The van der Waals surface area contributed by atoms with E-state index >= 15 is 0 Å². The fourth-order valence-corrected chi connectivity index (χ4v) is 2.07. The van der Waals surface area contributed by atoms with Crippen molar-refractivity contribution in [2.24, 2.45) is 5.73 Å². The standard InChI is InChI=1S/C17H20N2O2/c1-3-19-12(2)13-4-8-15(9-5-13)21-16-10-6-14(7-11-16)17(18)20/h4-12,19H,3H2,1-2H3,(H2,18,20). The molecule has 110 valence electrons. The summed E-state index contributed by atoms with van der Waals surface area (Å²) in [5.74, 6) is 0.991. The zero-order valence-electron chi connectivity index (χ0n) is 12.3. The summed E-state index contributed by atoms with van der Waals surface area (Å²) in [4.78, 5) is 11.0. The molecule has 3 N–H and O–H groups in total. The number of ether oxygens (including phenoxy) is 1. The number of nitrogens with two attached hydrogens (primary N) is 1. The van der Waals surface area contributed by atoms with Gasteiger partial charge in [0, 0.05) is 11.6 Å². The average Bonchev–Trinajstić information content (AvgIpc) is 2.49. The van der Waals surface area contributed by atoms with Crippen LogP contribution < -0.4 is 15.8 Å². The summed E-state index contributed by atoms with van der Waals surface area (Å²) in [6.07, 6.45) is 0. The van der Waals surface area contributed by atoms with E-state index in [1.54, 1.807) is 24.3 Å². The molecule has 0 aromatic heterocycles. The molecule has 0 spiro atoms. The van der Waals surface area contributed by atoms with Gasteiger partial charge in [-0.15, -0.1) is 0 Å². The van der Waals surface area contributed by atoms with Gasteiger partial charge in [0.15, 0.2) is 0 Å². The molecule has 0 heterocycles. The number of carbonyl (C=O) groups is 1. The molecular weight excluding hydrogens is 264 g/mol. The Kier molecular flexibility index (Phi) is 4.95. The molecule has 0 saturated carbocycles. The molecule has 0 aliphatic rings. The monoisotopic (exact) mass is 284 g/mol. The van der Waals surface area contributed by atoms with Crippen LogP contribution in [-0.2, 0) is 0 Å². The molecule has 0 fully saturated rings. The van der Waals surface area contributed by atoms with Crippen molar-refractivity contribution in [3.05, 3.63) is 59.7 Å². The van der Waals surface area contributed by atoms with Gasteiger partial charge in [0.2, 0.25) is 5.91 Å². The first-order valence-corrected chi connectivity index (χ1v) is 7.01. The van der Waals surface area contributed by atoms with Crippen LogP contribution in [-0.4, -0.2) is 12.5 Å². The number of hydrogen-bond acceptors (Lipinski definition) is 3. The number of amides is 1. The maximum Gasteiger partial charge on any atom is 0.248 e. The van der Waals surface area contributed by atoms with Crippen LogP contribution in [0.5, 0.6) is 11.5 Å². The second kappa shape index (κ2) is 6.90. The maximum atomic E-state index is 11.0. The van der Waals surface area contributed by atoms with Gasteiger partial charge in [-0.05, 0) is 55.4 Å². The Labute approximate surface area is 124 Å². The van der Waals surface area contributed by atoms with Crippen LogP contribution in [0.2, 0.25) is 0 Å². The first-order valence-electron chi connectivity index (χ1n) is 7.01. The Hall–Kier alpha value is -2.33. The second-order valence-corrected chi connectivity index (χ2v) is 4.84. The normalized spacial score (nSPS) is 11.9. The number of primary amides is 1. The molecule has 2 rings (SSSR count). The highest BCUT2D eigenvalue weighted by Crippen LogP contribution is 2.23. The third kappa shape index (κ3) is 4.07. The molecule has 0 aliphatic carbocycles. The van der Waals surface area contributed by atoms with Gasteiger partial charge in [-0.2, -0.15) is 0 Å². The minimum atomic E-state index is -0.441. The molecule has 1 atom stereocenters.